The molecule has 0 saturated heterocycles. The van der Waals surface area contributed by atoms with Gasteiger partial charge in [-0.2, -0.15) is 5.26 Å². The minimum Gasteiger partial charge on any atom is -0.493 e. The quantitative estimate of drug-likeness (QED) is 0.337. The zero-order chi connectivity index (χ0) is 20.8. The number of rotatable bonds is 7. The van der Waals surface area contributed by atoms with Gasteiger partial charge in [0.1, 0.15) is 17.7 Å². The lowest BCUT2D eigenvalue weighted by Crippen LogP contribution is -2.05. The number of hydrogen-bond acceptors (Lipinski definition) is 3. The SMILES string of the molecule is CC=COC(CC=C(C#N)C(=O)O)c1c(-c2ccccc2)n(C)c2ccccc12. The summed E-state index contributed by atoms with van der Waals surface area (Å²) in [6.07, 6.45) is 4.62. The molecule has 2 aromatic carbocycles. The number of carbonyl (C=O) groups is 1. The number of hydrogen-bond donors (Lipinski definition) is 1. The van der Waals surface area contributed by atoms with E-state index in [0.29, 0.717) is 0 Å². The zero-order valence-corrected chi connectivity index (χ0v) is 16.4. The number of carboxylic acids is 1. The van der Waals surface area contributed by atoms with Gasteiger partial charge in [0.2, 0.25) is 0 Å². The first-order valence-corrected chi connectivity index (χ1v) is 9.31. The Hall–Kier alpha value is -3.78. The van der Waals surface area contributed by atoms with Gasteiger partial charge in [-0.3, -0.25) is 0 Å². The molecule has 0 aliphatic carbocycles. The first-order chi connectivity index (χ1) is 14.1. The highest BCUT2D eigenvalue weighted by atomic mass is 16.5. The van der Waals surface area contributed by atoms with E-state index in [1.165, 1.54) is 6.08 Å². The molecule has 29 heavy (non-hydrogen) atoms. The molecule has 0 fully saturated rings. The minimum absolute atomic E-state index is 0.257. The van der Waals surface area contributed by atoms with Gasteiger partial charge >= 0.3 is 5.97 Å². The van der Waals surface area contributed by atoms with Crippen molar-refractivity contribution in [3.63, 3.8) is 0 Å². The molecule has 5 heteroatoms. The maximum absolute atomic E-state index is 11.2. The average Bonchev–Trinajstić information content (AvgIpc) is 3.04. The van der Waals surface area contributed by atoms with Crippen molar-refractivity contribution >= 4 is 16.9 Å². The Balaban J connectivity index is 2.23. The molecule has 0 aliphatic rings. The normalized spacial score (nSPS) is 12.8. The van der Waals surface area contributed by atoms with E-state index >= 15 is 0 Å². The van der Waals surface area contributed by atoms with Crippen LogP contribution in [0.4, 0.5) is 0 Å². The van der Waals surface area contributed by atoms with E-state index in [4.69, 9.17) is 10.00 Å². The second-order valence-corrected chi connectivity index (χ2v) is 6.57. The highest BCUT2D eigenvalue weighted by Crippen LogP contribution is 2.40. The number of para-hydroxylation sites is 1. The van der Waals surface area contributed by atoms with Gasteiger partial charge in [-0.05, 0) is 18.6 Å². The first kappa shape index (κ1) is 20.0. The molecular formula is C24H22N2O3. The summed E-state index contributed by atoms with van der Waals surface area (Å²) >= 11 is 0. The number of allylic oxidation sites excluding steroid dienone is 1. The van der Waals surface area contributed by atoms with Crippen LogP contribution in [0.5, 0.6) is 0 Å². The predicted octanol–water partition coefficient (Wildman–Crippen LogP) is 5.36. The molecule has 1 N–H and O–H groups in total. The third-order valence-electron chi connectivity index (χ3n) is 4.78. The number of fused-ring (bicyclic) bond motifs is 1. The Labute approximate surface area is 169 Å². The number of carboxylic acid groups (broad SMARTS) is 1. The van der Waals surface area contributed by atoms with Crippen LogP contribution < -0.4 is 0 Å². The molecule has 5 nitrogen and oxygen atoms in total. The molecule has 1 atom stereocenters. The maximum Gasteiger partial charge on any atom is 0.346 e. The summed E-state index contributed by atoms with van der Waals surface area (Å²) in [5.41, 5.74) is 3.77. The molecule has 0 spiro atoms. The van der Waals surface area contributed by atoms with Crippen LogP contribution in [0.25, 0.3) is 22.2 Å². The van der Waals surface area contributed by atoms with E-state index in [2.05, 4.69) is 4.57 Å². The molecule has 3 rings (SSSR count). The molecule has 0 amide bonds. The number of nitriles is 1. The van der Waals surface area contributed by atoms with Crippen molar-refractivity contribution in [1.82, 2.24) is 4.57 Å². The molecule has 1 aromatic heterocycles. The van der Waals surface area contributed by atoms with Crippen LogP contribution in [-0.4, -0.2) is 15.6 Å². The number of ether oxygens (including phenoxy) is 1. The Morgan fingerprint density at radius 3 is 2.55 bits per heavy atom. The predicted molar refractivity (Wildman–Crippen MR) is 113 cm³/mol. The lowest BCUT2D eigenvalue weighted by molar-refractivity contribution is -0.132. The van der Waals surface area contributed by atoms with Crippen LogP contribution in [0.2, 0.25) is 0 Å². The van der Waals surface area contributed by atoms with Gasteiger partial charge < -0.3 is 14.4 Å². The Morgan fingerprint density at radius 2 is 1.90 bits per heavy atom. The summed E-state index contributed by atoms with van der Waals surface area (Å²) in [6.45, 7) is 1.85. The van der Waals surface area contributed by atoms with Gasteiger partial charge in [0, 0.05) is 29.9 Å². The number of benzene rings is 2. The standard InChI is InChI=1S/C24H22N2O3/c1-3-15-29-21(14-13-18(16-25)24(27)28)22-19-11-7-8-12-20(19)26(2)23(22)17-9-5-4-6-10-17/h3-13,15,21H,14H2,1-2H3,(H,27,28). The average molecular weight is 386 g/mol. The topological polar surface area (TPSA) is 75.2 Å². The molecule has 3 aromatic rings. The van der Waals surface area contributed by atoms with E-state index in [1.54, 1.807) is 18.4 Å². The highest BCUT2D eigenvalue weighted by molar-refractivity contribution is 5.93. The fourth-order valence-corrected chi connectivity index (χ4v) is 3.51. The highest BCUT2D eigenvalue weighted by Gasteiger charge is 2.24. The van der Waals surface area contributed by atoms with Crippen molar-refractivity contribution in [2.24, 2.45) is 7.05 Å². The number of aryl methyl sites for hydroxylation is 1. The number of nitrogens with zero attached hydrogens (tertiary/aromatic N) is 2. The summed E-state index contributed by atoms with van der Waals surface area (Å²) in [5, 5.41) is 19.3. The molecule has 1 heterocycles. The fraction of sp³-hybridized carbons (Fsp3) is 0.167. The molecule has 0 aliphatic heterocycles. The first-order valence-electron chi connectivity index (χ1n) is 9.31. The van der Waals surface area contributed by atoms with E-state index < -0.39 is 12.1 Å². The monoisotopic (exact) mass is 386 g/mol. The van der Waals surface area contributed by atoms with E-state index in [-0.39, 0.29) is 12.0 Å². The molecule has 0 bridgehead atoms. The second kappa shape index (κ2) is 8.94. The third-order valence-corrected chi connectivity index (χ3v) is 4.78. The van der Waals surface area contributed by atoms with Gasteiger partial charge in [0.15, 0.2) is 0 Å². The Kier molecular flexibility index (Phi) is 6.16. The Bertz CT molecular complexity index is 1120. The summed E-state index contributed by atoms with van der Waals surface area (Å²) in [5.74, 6) is -1.24. The lowest BCUT2D eigenvalue weighted by Gasteiger charge is -2.18. The van der Waals surface area contributed by atoms with Gasteiger partial charge in [0.25, 0.3) is 0 Å². The van der Waals surface area contributed by atoms with Crippen molar-refractivity contribution in [3.8, 4) is 17.3 Å². The van der Waals surface area contributed by atoms with Crippen LogP contribution in [0.3, 0.4) is 0 Å². The van der Waals surface area contributed by atoms with E-state index in [1.807, 2.05) is 68.6 Å². The minimum atomic E-state index is -1.24. The summed E-state index contributed by atoms with van der Waals surface area (Å²) in [6, 6.07) is 19.8. The molecular weight excluding hydrogens is 364 g/mol. The molecule has 0 saturated carbocycles. The van der Waals surface area contributed by atoms with Gasteiger partial charge in [-0.1, -0.05) is 60.7 Å². The second-order valence-electron chi connectivity index (χ2n) is 6.57. The summed E-state index contributed by atoms with van der Waals surface area (Å²) in [4.78, 5) is 11.2. The van der Waals surface area contributed by atoms with Crippen molar-refractivity contribution < 1.29 is 14.6 Å². The number of aromatic nitrogens is 1. The third kappa shape index (κ3) is 4.07. The van der Waals surface area contributed by atoms with E-state index in [0.717, 1.165) is 27.7 Å². The van der Waals surface area contributed by atoms with Crippen LogP contribution in [0.15, 0.2) is 78.6 Å². The largest absolute Gasteiger partial charge is 0.493 e. The van der Waals surface area contributed by atoms with Gasteiger partial charge in [-0.15, -0.1) is 0 Å². The fourth-order valence-electron chi connectivity index (χ4n) is 3.51. The number of aliphatic carboxylic acids is 1. The van der Waals surface area contributed by atoms with Crippen LogP contribution in [-0.2, 0) is 16.6 Å². The van der Waals surface area contributed by atoms with Crippen LogP contribution in [0.1, 0.15) is 25.0 Å². The van der Waals surface area contributed by atoms with Crippen molar-refractivity contribution in [2.75, 3.05) is 0 Å². The van der Waals surface area contributed by atoms with E-state index in [9.17, 15) is 9.90 Å². The molecule has 146 valence electrons. The van der Waals surface area contributed by atoms with Crippen LogP contribution in [0, 0.1) is 11.3 Å². The molecule has 1 unspecified atom stereocenters. The Morgan fingerprint density at radius 1 is 1.21 bits per heavy atom. The van der Waals surface area contributed by atoms with Crippen molar-refractivity contribution in [2.45, 2.75) is 19.4 Å². The summed E-state index contributed by atoms with van der Waals surface area (Å²) in [7, 11) is 2.01. The molecule has 0 radical (unpaired) electrons. The lowest BCUT2D eigenvalue weighted by atomic mass is 9.97. The maximum atomic E-state index is 11.2. The smallest absolute Gasteiger partial charge is 0.346 e. The van der Waals surface area contributed by atoms with Gasteiger partial charge in [0.05, 0.1) is 12.0 Å². The van der Waals surface area contributed by atoms with Crippen molar-refractivity contribution in [1.29, 1.82) is 5.26 Å². The zero-order valence-electron chi connectivity index (χ0n) is 16.4. The van der Waals surface area contributed by atoms with Crippen LogP contribution >= 0.6 is 0 Å². The van der Waals surface area contributed by atoms with Crippen molar-refractivity contribution in [3.05, 3.63) is 84.1 Å². The van der Waals surface area contributed by atoms with Gasteiger partial charge in [-0.25, -0.2) is 4.79 Å². The summed E-state index contributed by atoms with van der Waals surface area (Å²) < 4.78 is 8.12.